The van der Waals surface area contributed by atoms with Gasteiger partial charge in [-0.1, -0.05) is 0 Å². The van der Waals surface area contributed by atoms with Crippen molar-refractivity contribution in [2.45, 2.75) is 11.8 Å². The van der Waals surface area contributed by atoms with Gasteiger partial charge in [-0.05, 0) is 55.5 Å². The number of furan rings is 1. The van der Waals surface area contributed by atoms with Gasteiger partial charge in [0.05, 0.1) is 23.2 Å². The van der Waals surface area contributed by atoms with E-state index in [1.165, 1.54) is 37.6 Å². The monoisotopic (exact) mass is 430 g/mol. The third-order valence-corrected chi connectivity index (χ3v) is 5.42. The van der Waals surface area contributed by atoms with Crippen LogP contribution in [0.5, 0.6) is 5.75 Å². The van der Waals surface area contributed by atoms with E-state index in [-0.39, 0.29) is 10.6 Å². The molecule has 156 valence electrons. The minimum Gasteiger partial charge on any atom is -0.497 e. The van der Waals surface area contributed by atoms with E-state index in [0.717, 1.165) is 6.07 Å². The molecule has 0 fully saturated rings. The topological polar surface area (TPSA) is 136 Å². The molecule has 10 nitrogen and oxygen atoms in total. The van der Waals surface area contributed by atoms with Crippen molar-refractivity contribution in [1.29, 1.82) is 0 Å². The van der Waals surface area contributed by atoms with Gasteiger partial charge in [-0.3, -0.25) is 20.3 Å². The first-order valence-corrected chi connectivity index (χ1v) is 10.1. The number of hydrogen-bond donors (Lipinski definition) is 2. The van der Waals surface area contributed by atoms with E-state index >= 15 is 0 Å². The number of benzene rings is 2. The third-order valence-electron chi connectivity index (χ3n) is 4.04. The standard InChI is InChI=1S/C19H18N4O6S/c1-13(19-4-3-11-29-19)20-21-17-10-9-16(12-18(17)23(24)25)30(26,27)22-14-5-7-15(28-2)8-6-14/h3-12,21-22H,1-2H3/b20-13+. The summed E-state index contributed by atoms with van der Waals surface area (Å²) in [4.78, 5) is 10.5. The maximum absolute atomic E-state index is 12.6. The fourth-order valence-electron chi connectivity index (χ4n) is 2.48. The quantitative estimate of drug-likeness (QED) is 0.315. The van der Waals surface area contributed by atoms with Gasteiger partial charge in [-0.25, -0.2) is 8.42 Å². The van der Waals surface area contributed by atoms with Gasteiger partial charge in [0.25, 0.3) is 15.7 Å². The van der Waals surface area contributed by atoms with Gasteiger partial charge in [0, 0.05) is 11.8 Å². The Bertz CT molecular complexity index is 1170. The predicted octanol–water partition coefficient (Wildman–Crippen LogP) is 3.83. The van der Waals surface area contributed by atoms with Crippen LogP contribution in [0.2, 0.25) is 0 Å². The molecule has 3 aromatic rings. The van der Waals surface area contributed by atoms with Gasteiger partial charge in [0.15, 0.2) is 0 Å². The first kappa shape index (κ1) is 20.9. The Kier molecular flexibility index (Phi) is 6.02. The van der Waals surface area contributed by atoms with Crippen molar-refractivity contribution in [3.63, 3.8) is 0 Å². The molecule has 0 aliphatic carbocycles. The normalized spacial score (nSPS) is 11.7. The van der Waals surface area contributed by atoms with Crippen LogP contribution in [0, 0.1) is 10.1 Å². The number of sulfonamides is 1. The molecule has 1 aromatic heterocycles. The molecule has 30 heavy (non-hydrogen) atoms. The molecule has 0 amide bonds. The molecule has 0 unspecified atom stereocenters. The summed E-state index contributed by atoms with van der Waals surface area (Å²) in [6.07, 6.45) is 1.48. The number of nitrogens with zero attached hydrogens (tertiary/aromatic N) is 2. The Morgan fingerprint density at radius 1 is 1.17 bits per heavy atom. The van der Waals surface area contributed by atoms with Crippen molar-refractivity contribution in [1.82, 2.24) is 0 Å². The first-order chi connectivity index (χ1) is 14.3. The summed E-state index contributed by atoms with van der Waals surface area (Å²) in [5.74, 6) is 1.06. The summed E-state index contributed by atoms with van der Waals surface area (Å²) < 4.78 is 37.9. The van der Waals surface area contributed by atoms with E-state index in [0.29, 0.717) is 22.9 Å². The zero-order valence-electron chi connectivity index (χ0n) is 16.0. The molecular weight excluding hydrogens is 412 g/mol. The predicted molar refractivity (Wildman–Crippen MR) is 111 cm³/mol. The molecule has 0 bridgehead atoms. The molecule has 3 rings (SSSR count). The van der Waals surface area contributed by atoms with Gasteiger partial charge in [-0.2, -0.15) is 5.10 Å². The van der Waals surface area contributed by atoms with Gasteiger partial charge in [0.1, 0.15) is 22.9 Å². The number of nitro groups is 1. The zero-order valence-corrected chi connectivity index (χ0v) is 16.8. The summed E-state index contributed by atoms with van der Waals surface area (Å²) in [6, 6.07) is 13.1. The molecule has 1 heterocycles. The molecular formula is C19H18N4O6S. The largest absolute Gasteiger partial charge is 0.497 e. The number of nitro benzene ring substituents is 1. The van der Waals surface area contributed by atoms with Crippen LogP contribution in [0.3, 0.4) is 0 Å². The van der Waals surface area contributed by atoms with E-state index in [1.54, 1.807) is 31.2 Å². The molecule has 2 aromatic carbocycles. The highest BCUT2D eigenvalue weighted by atomic mass is 32.2. The second-order valence-electron chi connectivity index (χ2n) is 6.06. The van der Waals surface area contributed by atoms with Crippen molar-refractivity contribution in [2.75, 3.05) is 17.3 Å². The van der Waals surface area contributed by atoms with Crippen LogP contribution in [0.25, 0.3) is 0 Å². The SMILES string of the molecule is COc1ccc(NS(=O)(=O)c2ccc(N/N=C(\C)c3ccco3)c([N+](=O)[O-])c2)cc1. The van der Waals surface area contributed by atoms with Crippen LogP contribution in [0.4, 0.5) is 17.1 Å². The average molecular weight is 430 g/mol. The second-order valence-corrected chi connectivity index (χ2v) is 7.74. The van der Waals surface area contributed by atoms with E-state index < -0.39 is 20.6 Å². The highest BCUT2D eigenvalue weighted by Gasteiger charge is 2.22. The van der Waals surface area contributed by atoms with E-state index in [9.17, 15) is 18.5 Å². The molecule has 0 spiro atoms. The van der Waals surface area contributed by atoms with Crippen LogP contribution in [0.15, 0.2) is 75.3 Å². The van der Waals surface area contributed by atoms with Crippen molar-refractivity contribution in [3.8, 4) is 5.75 Å². The lowest BCUT2D eigenvalue weighted by molar-refractivity contribution is -0.384. The number of hydrogen-bond acceptors (Lipinski definition) is 8. The number of methoxy groups -OCH3 is 1. The van der Waals surface area contributed by atoms with Gasteiger partial charge in [-0.15, -0.1) is 0 Å². The molecule has 0 saturated carbocycles. The second kappa shape index (κ2) is 8.66. The Balaban J connectivity index is 1.86. The number of nitrogens with one attached hydrogen (secondary N) is 2. The fraction of sp³-hybridized carbons (Fsp3) is 0.105. The molecule has 0 aliphatic rings. The Morgan fingerprint density at radius 2 is 1.90 bits per heavy atom. The zero-order chi connectivity index (χ0) is 21.7. The summed E-state index contributed by atoms with van der Waals surface area (Å²) in [5, 5.41) is 15.5. The lowest BCUT2D eigenvalue weighted by Gasteiger charge is -2.10. The van der Waals surface area contributed by atoms with Crippen molar-refractivity contribution >= 4 is 32.8 Å². The van der Waals surface area contributed by atoms with Crippen LogP contribution in [0.1, 0.15) is 12.7 Å². The van der Waals surface area contributed by atoms with Gasteiger partial charge in [0.2, 0.25) is 0 Å². The van der Waals surface area contributed by atoms with Gasteiger partial charge >= 0.3 is 0 Å². The smallest absolute Gasteiger partial charge is 0.295 e. The molecule has 0 atom stereocenters. The van der Waals surface area contributed by atoms with Crippen molar-refractivity contribution in [2.24, 2.45) is 5.10 Å². The molecule has 0 radical (unpaired) electrons. The van der Waals surface area contributed by atoms with Crippen LogP contribution >= 0.6 is 0 Å². The maximum atomic E-state index is 12.6. The molecule has 11 heteroatoms. The highest BCUT2D eigenvalue weighted by molar-refractivity contribution is 7.92. The lowest BCUT2D eigenvalue weighted by atomic mass is 10.3. The highest BCUT2D eigenvalue weighted by Crippen LogP contribution is 2.29. The molecule has 0 aliphatic heterocycles. The Hall–Kier alpha value is -3.86. The average Bonchev–Trinajstić information content (AvgIpc) is 3.27. The minimum absolute atomic E-state index is 0.0364. The van der Waals surface area contributed by atoms with Gasteiger partial charge < -0.3 is 9.15 Å². The van der Waals surface area contributed by atoms with Crippen molar-refractivity contribution < 1.29 is 22.5 Å². The van der Waals surface area contributed by atoms with Crippen LogP contribution < -0.4 is 14.9 Å². The fourth-order valence-corrected chi connectivity index (χ4v) is 3.56. The number of anilines is 2. The maximum Gasteiger partial charge on any atom is 0.295 e. The summed E-state index contributed by atoms with van der Waals surface area (Å²) >= 11 is 0. The first-order valence-electron chi connectivity index (χ1n) is 8.59. The van der Waals surface area contributed by atoms with E-state index in [1.807, 2.05) is 0 Å². The summed E-state index contributed by atoms with van der Waals surface area (Å²) in [6.45, 7) is 1.66. The Labute approximate surface area is 172 Å². The van der Waals surface area contributed by atoms with Crippen molar-refractivity contribution in [3.05, 3.63) is 76.7 Å². The Morgan fingerprint density at radius 3 is 2.50 bits per heavy atom. The lowest BCUT2D eigenvalue weighted by Crippen LogP contribution is -2.13. The van der Waals surface area contributed by atoms with E-state index in [2.05, 4.69) is 15.2 Å². The van der Waals surface area contributed by atoms with E-state index in [4.69, 9.17) is 9.15 Å². The summed E-state index contributed by atoms with van der Waals surface area (Å²) in [5.41, 5.74) is 2.93. The number of hydrazone groups is 1. The number of ether oxygens (including phenoxy) is 1. The molecule has 0 saturated heterocycles. The minimum atomic E-state index is -4.05. The number of rotatable bonds is 8. The summed E-state index contributed by atoms with van der Waals surface area (Å²) in [7, 11) is -2.55. The van der Waals surface area contributed by atoms with Crippen LogP contribution in [-0.2, 0) is 10.0 Å². The third kappa shape index (κ3) is 4.75. The van der Waals surface area contributed by atoms with Crippen LogP contribution in [-0.4, -0.2) is 26.2 Å². The molecule has 2 N–H and O–H groups in total.